The van der Waals surface area contributed by atoms with Crippen molar-refractivity contribution in [1.29, 1.82) is 5.26 Å². The molecule has 0 spiro atoms. The molecule has 2 rings (SSSR count). The lowest BCUT2D eigenvalue weighted by Crippen LogP contribution is -2.29. The third-order valence-corrected chi connectivity index (χ3v) is 3.65. The Morgan fingerprint density at radius 2 is 1.75 bits per heavy atom. The molecule has 20 heavy (non-hydrogen) atoms. The summed E-state index contributed by atoms with van der Waals surface area (Å²) in [5, 5.41) is 9.06. The predicted octanol–water partition coefficient (Wildman–Crippen LogP) is 3.13. The van der Waals surface area contributed by atoms with Gasteiger partial charge in [-0.05, 0) is 38.3 Å². The van der Waals surface area contributed by atoms with Crippen molar-refractivity contribution in [3.63, 3.8) is 0 Å². The number of benzene rings is 1. The molecule has 0 saturated heterocycles. The Kier molecular flexibility index (Phi) is 4.52. The molecule has 104 valence electrons. The maximum Gasteiger partial charge on any atom is 0.338 e. The molecule has 0 aromatic heterocycles. The number of esters is 1. The average molecular weight is 271 g/mol. The molecule has 0 bridgehead atoms. The van der Waals surface area contributed by atoms with Gasteiger partial charge >= 0.3 is 5.97 Å². The van der Waals surface area contributed by atoms with E-state index in [4.69, 9.17) is 10.00 Å². The minimum Gasteiger partial charge on any atom is -0.457 e. The molecule has 1 fully saturated rings. The van der Waals surface area contributed by atoms with Gasteiger partial charge in [-0.2, -0.15) is 5.26 Å². The van der Waals surface area contributed by atoms with E-state index in [-0.39, 0.29) is 17.8 Å². The monoisotopic (exact) mass is 271 g/mol. The first-order valence-corrected chi connectivity index (χ1v) is 6.83. The quantitative estimate of drug-likeness (QED) is 0.625. The van der Waals surface area contributed by atoms with Crippen molar-refractivity contribution in [2.24, 2.45) is 5.92 Å². The van der Waals surface area contributed by atoms with Crippen molar-refractivity contribution in [1.82, 2.24) is 0 Å². The molecule has 0 amide bonds. The second-order valence-electron chi connectivity index (χ2n) is 5.10. The van der Waals surface area contributed by atoms with Crippen LogP contribution in [0.25, 0.3) is 0 Å². The molecular weight excluding hydrogens is 254 g/mol. The summed E-state index contributed by atoms with van der Waals surface area (Å²) in [7, 11) is 0. The number of hydrogen-bond donors (Lipinski definition) is 0. The van der Waals surface area contributed by atoms with Gasteiger partial charge in [0.25, 0.3) is 0 Å². The van der Waals surface area contributed by atoms with Crippen LogP contribution >= 0.6 is 0 Å². The number of ketones is 1. The summed E-state index contributed by atoms with van der Waals surface area (Å²) in [5.74, 6) is -0.668. The molecular formula is C16H17NO3. The first-order chi connectivity index (χ1) is 9.61. The molecule has 4 nitrogen and oxygen atoms in total. The number of carbonyl (C=O) groups excluding carboxylic acids is 2. The van der Waals surface area contributed by atoms with Crippen LogP contribution in [-0.4, -0.2) is 17.9 Å². The van der Waals surface area contributed by atoms with Crippen LogP contribution < -0.4 is 0 Å². The van der Waals surface area contributed by atoms with E-state index in [1.54, 1.807) is 24.3 Å². The van der Waals surface area contributed by atoms with Crippen molar-refractivity contribution in [3.8, 4) is 6.07 Å². The molecule has 1 aromatic carbocycles. The van der Waals surface area contributed by atoms with Gasteiger partial charge in [0.05, 0.1) is 17.6 Å². The van der Waals surface area contributed by atoms with E-state index < -0.39 is 5.97 Å². The summed E-state index contributed by atoms with van der Waals surface area (Å²) >= 11 is 0. The topological polar surface area (TPSA) is 67.2 Å². The van der Waals surface area contributed by atoms with Crippen molar-refractivity contribution >= 4 is 11.8 Å². The highest BCUT2D eigenvalue weighted by atomic mass is 16.5. The SMILES string of the molecule is CC(=O)c1ccc(C(=O)O[C@H]2CCCC[C@@H]2C#N)cc1. The van der Waals surface area contributed by atoms with E-state index in [0.29, 0.717) is 11.1 Å². The van der Waals surface area contributed by atoms with Gasteiger partial charge in [0, 0.05) is 5.56 Å². The molecule has 1 aliphatic carbocycles. The van der Waals surface area contributed by atoms with Crippen molar-refractivity contribution in [2.45, 2.75) is 38.7 Å². The van der Waals surface area contributed by atoms with Crippen molar-refractivity contribution in [2.75, 3.05) is 0 Å². The maximum atomic E-state index is 12.0. The standard InChI is InChI=1S/C16H17NO3/c1-11(18)12-6-8-13(9-7-12)16(19)20-15-5-3-2-4-14(15)10-17/h6-9,14-15H,2-5H2,1H3/t14-,15+/m1/s1. The maximum absolute atomic E-state index is 12.0. The summed E-state index contributed by atoms with van der Waals surface area (Å²) in [4.78, 5) is 23.2. The molecule has 2 atom stereocenters. The number of nitriles is 1. The molecule has 0 aliphatic heterocycles. The highest BCUT2D eigenvalue weighted by Crippen LogP contribution is 2.27. The van der Waals surface area contributed by atoms with Gasteiger partial charge < -0.3 is 4.74 Å². The Morgan fingerprint density at radius 1 is 1.15 bits per heavy atom. The number of carbonyl (C=O) groups is 2. The van der Waals surface area contributed by atoms with Crippen molar-refractivity contribution in [3.05, 3.63) is 35.4 Å². The van der Waals surface area contributed by atoms with E-state index >= 15 is 0 Å². The molecule has 1 aromatic rings. The molecule has 4 heteroatoms. The van der Waals surface area contributed by atoms with Crippen molar-refractivity contribution < 1.29 is 14.3 Å². The summed E-state index contributed by atoms with van der Waals surface area (Å²) in [5.41, 5.74) is 0.978. The lowest BCUT2D eigenvalue weighted by atomic mass is 9.87. The fraction of sp³-hybridized carbons (Fsp3) is 0.438. The minimum absolute atomic E-state index is 0.0401. The minimum atomic E-state index is -0.424. The van der Waals surface area contributed by atoms with Gasteiger partial charge in [-0.15, -0.1) is 0 Å². The second kappa shape index (κ2) is 6.33. The van der Waals surface area contributed by atoms with Crippen LogP contribution in [0.1, 0.15) is 53.3 Å². The van der Waals surface area contributed by atoms with E-state index in [1.165, 1.54) is 6.92 Å². The summed E-state index contributed by atoms with van der Waals surface area (Å²) in [6, 6.07) is 8.61. The highest BCUT2D eigenvalue weighted by molar-refractivity contribution is 5.96. The first kappa shape index (κ1) is 14.3. The third-order valence-electron chi connectivity index (χ3n) is 3.65. The van der Waals surface area contributed by atoms with E-state index in [1.807, 2.05) is 0 Å². The Bertz CT molecular complexity index is 542. The Hall–Kier alpha value is -2.15. The summed E-state index contributed by atoms with van der Waals surface area (Å²) < 4.78 is 5.43. The Balaban J connectivity index is 2.04. The molecule has 1 saturated carbocycles. The Morgan fingerprint density at radius 3 is 2.35 bits per heavy atom. The zero-order valence-electron chi connectivity index (χ0n) is 11.5. The van der Waals surface area contributed by atoms with Gasteiger partial charge in [-0.1, -0.05) is 18.6 Å². The molecule has 1 aliphatic rings. The summed E-state index contributed by atoms with van der Waals surface area (Å²) in [6.45, 7) is 1.48. The first-order valence-electron chi connectivity index (χ1n) is 6.83. The lowest BCUT2D eigenvalue weighted by Gasteiger charge is -2.26. The van der Waals surface area contributed by atoms with Crippen LogP contribution in [0, 0.1) is 17.2 Å². The normalized spacial score (nSPS) is 21.8. The molecule has 0 heterocycles. The highest BCUT2D eigenvalue weighted by Gasteiger charge is 2.28. The summed E-state index contributed by atoms with van der Waals surface area (Å²) in [6.07, 6.45) is 3.22. The van der Waals surface area contributed by atoms with Crippen LogP contribution in [0.3, 0.4) is 0 Å². The van der Waals surface area contributed by atoms with Crippen LogP contribution in [-0.2, 0) is 4.74 Å². The Labute approximate surface area is 118 Å². The number of Topliss-reactive ketones (excluding diaryl/α,β-unsaturated/α-hetero) is 1. The number of rotatable bonds is 3. The molecule has 0 N–H and O–H groups in total. The van der Waals surface area contributed by atoms with Gasteiger partial charge in [0.2, 0.25) is 0 Å². The predicted molar refractivity (Wildman–Crippen MR) is 73.2 cm³/mol. The fourth-order valence-corrected chi connectivity index (χ4v) is 2.43. The van der Waals surface area contributed by atoms with Gasteiger partial charge in [-0.25, -0.2) is 4.79 Å². The zero-order valence-corrected chi connectivity index (χ0v) is 11.5. The molecule has 0 unspecified atom stereocenters. The second-order valence-corrected chi connectivity index (χ2v) is 5.10. The zero-order chi connectivity index (χ0) is 14.5. The van der Waals surface area contributed by atoms with E-state index in [0.717, 1.165) is 25.7 Å². The number of nitrogens with zero attached hydrogens (tertiary/aromatic N) is 1. The van der Waals surface area contributed by atoms with Crippen LogP contribution in [0.4, 0.5) is 0 Å². The molecule has 0 radical (unpaired) electrons. The third kappa shape index (κ3) is 3.24. The average Bonchev–Trinajstić information content (AvgIpc) is 2.48. The smallest absolute Gasteiger partial charge is 0.338 e. The largest absolute Gasteiger partial charge is 0.457 e. The fourth-order valence-electron chi connectivity index (χ4n) is 2.43. The van der Waals surface area contributed by atoms with Gasteiger partial charge in [0.1, 0.15) is 6.10 Å². The van der Waals surface area contributed by atoms with Crippen LogP contribution in [0.5, 0.6) is 0 Å². The van der Waals surface area contributed by atoms with E-state index in [2.05, 4.69) is 6.07 Å². The van der Waals surface area contributed by atoms with Crippen LogP contribution in [0.15, 0.2) is 24.3 Å². The van der Waals surface area contributed by atoms with Gasteiger partial charge in [0.15, 0.2) is 5.78 Å². The number of hydrogen-bond acceptors (Lipinski definition) is 4. The number of ether oxygens (including phenoxy) is 1. The van der Waals surface area contributed by atoms with E-state index in [9.17, 15) is 9.59 Å². The van der Waals surface area contributed by atoms with Gasteiger partial charge in [-0.3, -0.25) is 4.79 Å². The van der Waals surface area contributed by atoms with Crippen LogP contribution in [0.2, 0.25) is 0 Å². The lowest BCUT2D eigenvalue weighted by molar-refractivity contribution is 0.0107.